The summed E-state index contributed by atoms with van der Waals surface area (Å²) in [5.74, 6) is -0.719. The first-order valence-electron chi connectivity index (χ1n) is 8.82. The number of benzene rings is 2. The van der Waals surface area contributed by atoms with Crippen LogP contribution in [-0.4, -0.2) is 47.7 Å². The smallest absolute Gasteiger partial charge is 0.123 e. The van der Waals surface area contributed by atoms with Gasteiger partial charge in [0.1, 0.15) is 23.8 Å². The highest BCUT2D eigenvalue weighted by atomic mass is 19.1. The highest BCUT2D eigenvalue weighted by Crippen LogP contribution is 2.17. The van der Waals surface area contributed by atoms with E-state index >= 15 is 0 Å². The van der Waals surface area contributed by atoms with Gasteiger partial charge in [0, 0.05) is 13.1 Å². The molecule has 3 N–H and O–H groups in total. The van der Waals surface area contributed by atoms with Crippen molar-refractivity contribution in [2.24, 2.45) is 0 Å². The van der Waals surface area contributed by atoms with Gasteiger partial charge < -0.3 is 25.0 Å². The van der Waals surface area contributed by atoms with Crippen molar-refractivity contribution < 1.29 is 28.5 Å². The molecule has 3 rings (SSSR count). The Morgan fingerprint density at radius 1 is 0.815 bits per heavy atom. The highest BCUT2D eigenvalue weighted by Gasteiger charge is 2.36. The first-order valence-corrected chi connectivity index (χ1v) is 8.82. The third kappa shape index (κ3) is 5.54. The number of aliphatic hydroxyl groups is 2. The van der Waals surface area contributed by atoms with Gasteiger partial charge in [0.05, 0.1) is 25.4 Å². The van der Waals surface area contributed by atoms with Crippen LogP contribution in [-0.2, 0) is 22.7 Å². The number of ether oxygens (including phenoxy) is 2. The molecule has 0 unspecified atom stereocenters. The fourth-order valence-electron chi connectivity index (χ4n) is 3.02. The topological polar surface area (TPSA) is 71.0 Å². The van der Waals surface area contributed by atoms with Crippen LogP contribution in [0.2, 0.25) is 0 Å². The Morgan fingerprint density at radius 2 is 1.26 bits per heavy atom. The van der Waals surface area contributed by atoms with Gasteiger partial charge in [0.25, 0.3) is 0 Å². The zero-order chi connectivity index (χ0) is 19.2. The van der Waals surface area contributed by atoms with Gasteiger partial charge in [-0.25, -0.2) is 8.78 Å². The lowest BCUT2D eigenvalue weighted by atomic mass is 10.0. The average Bonchev–Trinajstić information content (AvgIpc) is 2.78. The van der Waals surface area contributed by atoms with Crippen LogP contribution in [0.3, 0.4) is 0 Å². The standard InChI is InChI=1S/C20H23F2NO4/c21-15-5-1-3-13(7-15)11-26-17-9-23-10-18(20(25)19(17)24)27-12-14-4-2-6-16(22)8-14/h1-8,17-20,23-25H,9-12H2/t17-,18-,19+,20+/m0/s1. The second-order valence-corrected chi connectivity index (χ2v) is 6.60. The first-order chi connectivity index (χ1) is 13.0. The van der Waals surface area contributed by atoms with E-state index in [1.54, 1.807) is 24.3 Å². The molecule has 0 radical (unpaired) electrons. The summed E-state index contributed by atoms with van der Waals surface area (Å²) in [7, 11) is 0. The van der Waals surface area contributed by atoms with E-state index in [0.717, 1.165) is 0 Å². The highest BCUT2D eigenvalue weighted by molar-refractivity contribution is 5.16. The maximum atomic E-state index is 13.2. The molecule has 7 heteroatoms. The van der Waals surface area contributed by atoms with Crippen LogP contribution in [0.4, 0.5) is 8.78 Å². The van der Waals surface area contributed by atoms with E-state index in [2.05, 4.69) is 5.32 Å². The van der Waals surface area contributed by atoms with Crippen LogP contribution in [0.5, 0.6) is 0 Å². The van der Waals surface area contributed by atoms with Gasteiger partial charge in [-0.05, 0) is 35.4 Å². The lowest BCUT2D eigenvalue weighted by Gasteiger charge is -2.27. The Balaban J connectivity index is 1.55. The van der Waals surface area contributed by atoms with E-state index in [1.165, 1.54) is 24.3 Å². The molecule has 1 aliphatic rings. The van der Waals surface area contributed by atoms with E-state index in [0.29, 0.717) is 24.2 Å². The van der Waals surface area contributed by atoms with E-state index < -0.39 is 24.4 Å². The van der Waals surface area contributed by atoms with Crippen molar-refractivity contribution in [2.75, 3.05) is 13.1 Å². The number of rotatable bonds is 6. The minimum Gasteiger partial charge on any atom is -0.388 e. The fraction of sp³-hybridized carbons (Fsp3) is 0.400. The van der Waals surface area contributed by atoms with Gasteiger partial charge in [-0.1, -0.05) is 24.3 Å². The van der Waals surface area contributed by atoms with Crippen LogP contribution >= 0.6 is 0 Å². The number of hydrogen-bond donors (Lipinski definition) is 3. The Kier molecular flexibility index (Phi) is 6.87. The largest absolute Gasteiger partial charge is 0.388 e. The Bertz CT molecular complexity index is 684. The minimum atomic E-state index is -1.17. The summed E-state index contributed by atoms with van der Waals surface area (Å²) in [4.78, 5) is 0. The van der Waals surface area contributed by atoms with Crippen molar-refractivity contribution >= 4 is 0 Å². The van der Waals surface area contributed by atoms with Gasteiger partial charge in [-0.3, -0.25) is 0 Å². The molecule has 0 bridgehead atoms. The zero-order valence-electron chi connectivity index (χ0n) is 14.7. The Labute approximate surface area is 156 Å². The lowest BCUT2D eigenvalue weighted by Crippen LogP contribution is -2.45. The van der Waals surface area contributed by atoms with Crippen molar-refractivity contribution in [2.45, 2.75) is 37.6 Å². The van der Waals surface area contributed by atoms with E-state index in [1.807, 2.05) is 0 Å². The molecule has 0 saturated carbocycles. The maximum absolute atomic E-state index is 13.2. The number of hydrogen-bond acceptors (Lipinski definition) is 5. The lowest BCUT2D eigenvalue weighted by molar-refractivity contribution is -0.128. The molecule has 0 aliphatic carbocycles. The van der Waals surface area contributed by atoms with Gasteiger partial charge in [0.15, 0.2) is 0 Å². The van der Waals surface area contributed by atoms with E-state index in [9.17, 15) is 19.0 Å². The molecular weight excluding hydrogens is 356 g/mol. The summed E-state index contributed by atoms with van der Waals surface area (Å²) in [6, 6.07) is 12.0. The molecular formula is C20H23F2NO4. The van der Waals surface area contributed by atoms with Crippen LogP contribution in [0.1, 0.15) is 11.1 Å². The molecule has 2 aromatic carbocycles. The summed E-state index contributed by atoms with van der Waals surface area (Å²) in [5.41, 5.74) is 1.28. The number of halogens is 2. The predicted molar refractivity (Wildman–Crippen MR) is 94.8 cm³/mol. The molecule has 1 fully saturated rings. The average molecular weight is 379 g/mol. The van der Waals surface area contributed by atoms with Crippen molar-refractivity contribution in [3.8, 4) is 0 Å². The molecule has 1 aliphatic heterocycles. The van der Waals surface area contributed by atoms with Crippen molar-refractivity contribution in [3.63, 3.8) is 0 Å². The molecule has 4 atom stereocenters. The molecule has 1 saturated heterocycles. The Morgan fingerprint density at radius 3 is 1.67 bits per heavy atom. The molecule has 0 spiro atoms. The van der Waals surface area contributed by atoms with Gasteiger partial charge in [0.2, 0.25) is 0 Å². The van der Waals surface area contributed by atoms with Gasteiger partial charge >= 0.3 is 0 Å². The third-order valence-electron chi connectivity index (χ3n) is 4.51. The fourth-order valence-corrected chi connectivity index (χ4v) is 3.02. The third-order valence-corrected chi connectivity index (χ3v) is 4.51. The van der Waals surface area contributed by atoms with E-state index in [4.69, 9.17) is 9.47 Å². The summed E-state index contributed by atoms with van der Waals surface area (Å²) >= 11 is 0. The predicted octanol–water partition coefficient (Wildman–Crippen LogP) is 1.76. The monoisotopic (exact) mass is 379 g/mol. The SMILES string of the molecule is O[C@H]1[C@H](O)[C@@H](OCc2cccc(F)c2)CNC[C@@H]1OCc1cccc(F)c1. The summed E-state index contributed by atoms with van der Waals surface area (Å²) in [6.07, 6.45) is -3.70. The number of aliphatic hydroxyl groups excluding tert-OH is 2. The van der Waals surface area contributed by atoms with Gasteiger partial charge in [-0.2, -0.15) is 0 Å². The molecule has 1 heterocycles. The first kappa shape index (κ1) is 19.9. The van der Waals surface area contributed by atoms with Crippen LogP contribution in [0, 0.1) is 11.6 Å². The number of nitrogens with one attached hydrogen (secondary N) is 1. The summed E-state index contributed by atoms with van der Waals surface area (Å²) < 4.78 is 37.8. The van der Waals surface area contributed by atoms with Crippen LogP contribution < -0.4 is 5.32 Å². The molecule has 0 aromatic heterocycles. The van der Waals surface area contributed by atoms with Crippen molar-refractivity contribution in [1.29, 1.82) is 0 Å². The van der Waals surface area contributed by atoms with Crippen molar-refractivity contribution in [1.82, 2.24) is 5.32 Å². The second-order valence-electron chi connectivity index (χ2n) is 6.60. The summed E-state index contributed by atoms with van der Waals surface area (Å²) in [6.45, 7) is 0.853. The summed E-state index contributed by atoms with van der Waals surface area (Å²) in [5, 5.41) is 24.0. The molecule has 2 aromatic rings. The maximum Gasteiger partial charge on any atom is 0.123 e. The normalized spacial score (nSPS) is 25.9. The van der Waals surface area contributed by atoms with E-state index in [-0.39, 0.29) is 24.8 Å². The quantitative estimate of drug-likeness (QED) is 0.714. The minimum absolute atomic E-state index is 0.114. The zero-order valence-corrected chi connectivity index (χ0v) is 14.7. The Hall–Kier alpha value is -1.90. The van der Waals surface area contributed by atoms with Gasteiger partial charge in [-0.15, -0.1) is 0 Å². The molecule has 27 heavy (non-hydrogen) atoms. The van der Waals surface area contributed by atoms with Crippen LogP contribution in [0.15, 0.2) is 48.5 Å². The van der Waals surface area contributed by atoms with Crippen LogP contribution in [0.25, 0.3) is 0 Å². The molecule has 5 nitrogen and oxygen atoms in total. The second kappa shape index (κ2) is 9.34. The molecule has 0 amide bonds. The molecule has 146 valence electrons. The van der Waals surface area contributed by atoms with Crippen molar-refractivity contribution in [3.05, 3.63) is 71.3 Å².